The van der Waals surface area contributed by atoms with Gasteiger partial charge in [-0.3, -0.25) is 0 Å². The molecule has 0 aliphatic carbocycles. The van der Waals surface area contributed by atoms with Crippen LogP contribution in [0.25, 0.3) is 22.8 Å². The summed E-state index contributed by atoms with van der Waals surface area (Å²) in [5, 5.41) is 20.6. The predicted octanol–water partition coefficient (Wildman–Crippen LogP) is 3.82. The van der Waals surface area contributed by atoms with E-state index < -0.39 is 5.97 Å². The summed E-state index contributed by atoms with van der Waals surface area (Å²) in [6.07, 6.45) is 0. The number of nitrogens with zero attached hydrogens (tertiary/aromatic N) is 4. The molecule has 7 heteroatoms. The lowest BCUT2D eigenvalue weighted by Gasteiger charge is -1.97. The molecule has 0 saturated heterocycles. The number of carboxylic acid groups (broad SMARTS) is 1. The maximum atomic E-state index is 11.0. The molecule has 114 valence electrons. The summed E-state index contributed by atoms with van der Waals surface area (Å²) in [5.74, 6) is -0.322. The number of benzene rings is 2. The van der Waals surface area contributed by atoms with Gasteiger partial charge in [-0.05, 0) is 36.4 Å². The highest BCUT2D eigenvalue weighted by Gasteiger charge is 2.12. The first-order chi connectivity index (χ1) is 11.2. The number of azo groups is 1. The maximum absolute atomic E-state index is 11.0. The number of aromatic carboxylic acids is 1. The minimum atomic E-state index is -1.00. The molecule has 0 saturated carbocycles. The van der Waals surface area contributed by atoms with Crippen LogP contribution in [0.4, 0.5) is 5.69 Å². The van der Waals surface area contributed by atoms with Crippen LogP contribution >= 0.6 is 0 Å². The van der Waals surface area contributed by atoms with E-state index in [-0.39, 0.29) is 5.56 Å². The van der Waals surface area contributed by atoms with Gasteiger partial charge >= 0.3 is 5.97 Å². The maximum Gasteiger partial charge on any atom is 0.335 e. The monoisotopic (exact) mass is 308 g/mol. The van der Waals surface area contributed by atoms with Gasteiger partial charge in [0.25, 0.3) is 5.89 Å². The van der Waals surface area contributed by atoms with Gasteiger partial charge < -0.3 is 9.63 Å². The smallest absolute Gasteiger partial charge is 0.335 e. The molecule has 0 unspecified atom stereocenters. The SMILES string of the molecule is C/N=N/c1ccc(-c2nc(-c3cccc(C(=O)O)c3)no2)cc1. The number of hydrogen-bond donors (Lipinski definition) is 1. The van der Waals surface area contributed by atoms with Crippen LogP contribution in [0.3, 0.4) is 0 Å². The Hall–Kier alpha value is -3.35. The predicted molar refractivity (Wildman–Crippen MR) is 82.6 cm³/mol. The molecule has 3 aromatic rings. The average molecular weight is 308 g/mol. The zero-order valence-corrected chi connectivity index (χ0v) is 12.2. The quantitative estimate of drug-likeness (QED) is 0.738. The largest absolute Gasteiger partial charge is 0.478 e. The van der Waals surface area contributed by atoms with Crippen LogP contribution in [-0.2, 0) is 0 Å². The zero-order chi connectivity index (χ0) is 16.2. The first-order valence-electron chi connectivity index (χ1n) is 6.75. The standard InChI is InChI=1S/C16H12N4O3/c1-17-19-13-7-5-10(6-8-13)15-18-14(20-23-15)11-3-2-4-12(9-11)16(21)22/h2-9H,1H3,(H,21,22)/b19-17+. The molecule has 2 aromatic carbocycles. The first kappa shape index (κ1) is 14.6. The van der Waals surface area contributed by atoms with E-state index in [4.69, 9.17) is 9.63 Å². The van der Waals surface area contributed by atoms with Crippen molar-refractivity contribution in [1.29, 1.82) is 0 Å². The zero-order valence-electron chi connectivity index (χ0n) is 12.2. The van der Waals surface area contributed by atoms with Crippen LogP contribution in [0, 0.1) is 0 Å². The third-order valence-electron chi connectivity index (χ3n) is 3.12. The number of carboxylic acids is 1. The van der Waals surface area contributed by atoms with Crippen LogP contribution in [-0.4, -0.2) is 28.3 Å². The van der Waals surface area contributed by atoms with E-state index in [1.807, 2.05) is 0 Å². The van der Waals surface area contributed by atoms with E-state index in [0.29, 0.717) is 17.3 Å². The van der Waals surface area contributed by atoms with Crippen LogP contribution in [0.1, 0.15) is 10.4 Å². The van der Waals surface area contributed by atoms with E-state index in [2.05, 4.69) is 20.4 Å². The summed E-state index contributed by atoms with van der Waals surface area (Å²) in [6, 6.07) is 13.6. The van der Waals surface area contributed by atoms with Crippen LogP contribution in [0.5, 0.6) is 0 Å². The summed E-state index contributed by atoms with van der Waals surface area (Å²) < 4.78 is 5.24. The van der Waals surface area contributed by atoms with Crippen molar-refractivity contribution in [3.8, 4) is 22.8 Å². The van der Waals surface area contributed by atoms with E-state index in [0.717, 1.165) is 11.3 Å². The molecule has 23 heavy (non-hydrogen) atoms. The fraction of sp³-hybridized carbons (Fsp3) is 0.0625. The molecule has 0 amide bonds. The molecule has 0 fully saturated rings. The van der Waals surface area contributed by atoms with E-state index >= 15 is 0 Å². The second-order valence-corrected chi connectivity index (χ2v) is 4.66. The molecule has 0 bridgehead atoms. The molecule has 0 aliphatic rings. The molecule has 7 nitrogen and oxygen atoms in total. The van der Waals surface area contributed by atoms with Crippen molar-refractivity contribution >= 4 is 11.7 Å². The molecular weight excluding hydrogens is 296 g/mol. The highest BCUT2D eigenvalue weighted by molar-refractivity contribution is 5.89. The Morgan fingerprint density at radius 3 is 2.61 bits per heavy atom. The Labute approximate surface area is 131 Å². The first-order valence-corrected chi connectivity index (χ1v) is 6.75. The van der Waals surface area contributed by atoms with Gasteiger partial charge in [-0.2, -0.15) is 15.2 Å². The normalized spacial score (nSPS) is 11.0. The third-order valence-corrected chi connectivity index (χ3v) is 3.12. The van der Waals surface area contributed by atoms with Crippen LogP contribution in [0.15, 0.2) is 63.3 Å². The van der Waals surface area contributed by atoms with Crippen molar-refractivity contribution in [2.75, 3.05) is 7.05 Å². The van der Waals surface area contributed by atoms with Crippen molar-refractivity contribution in [2.24, 2.45) is 10.2 Å². The van der Waals surface area contributed by atoms with Gasteiger partial charge in [0.15, 0.2) is 0 Å². The minimum Gasteiger partial charge on any atom is -0.478 e. The molecular formula is C16H12N4O3. The molecule has 0 aliphatic heterocycles. The molecule has 0 atom stereocenters. The summed E-state index contributed by atoms with van der Waals surface area (Å²) >= 11 is 0. The van der Waals surface area contributed by atoms with E-state index in [1.165, 1.54) is 12.1 Å². The van der Waals surface area contributed by atoms with E-state index in [9.17, 15) is 4.79 Å². The Morgan fingerprint density at radius 1 is 1.13 bits per heavy atom. The highest BCUT2D eigenvalue weighted by Crippen LogP contribution is 2.24. The van der Waals surface area contributed by atoms with Gasteiger partial charge in [0.2, 0.25) is 5.82 Å². The van der Waals surface area contributed by atoms with E-state index in [1.54, 1.807) is 43.4 Å². The Kier molecular flexibility index (Phi) is 3.92. The van der Waals surface area contributed by atoms with Gasteiger partial charge in [-0.15, -0.1) is 0 Å². The number of carbonyl (C=O) groups is 1. The topological polar surface area (TPSA) is 101 Å². The van der Waals surface area contributed by atoms with Gasteiger partial charge in [0, 0.05) is 18.2 Å². The van der Waals surface area contributed by atoms with Crippen molar-refractivity contribution < 1.29 is 14.4 Å². The van der Waals surface area contributed by atoms with Gasteiger partial charge in [-0.1, -0.05) is 17.3 Å². The van der Waals surface area contributed by atoms with Crippen molar-refractivity contribution in [3.05, 3.63) is 54.1 Å². The lowest BCUT2D eigenvalue weighted by atomic mass is 10.1. The fourth-order valence-electron chi connectivity index (χ4n) is 2.04. The summed E-state index contributed by atoms with van der Waals surface area (Å²) in [5.41, 5.74) is 2.22. The van der Waals surface area contributed by atoms with Gasteiger partial charge in [0.05, 0.1) is 11.3 Å². The summed E-state index contributed by atoms with van der Waals surface area (Å²) in [7, 11) is 1.60. The van der Waals surface area contributed by atoms with Crippen molar-refractivity contribution in [1.82, 2.24) is 10.1 Å². The molecule has 1 N–H and O–H groups in total. The Morgan fingerprint density at radius 2 is 1.91 bits per heavy atom. The molecule has 3 rings (SSSR count). The Bertz CT molecular complexity index is 869. The minimum absolute atomic E-state index is 0.170. The fourth-order valence-corrected chi connectivity index (χ4v) is 2.04. The lowest BCUT2D eigenvalue weighted by Crippen LogP contribution is -1.96. The number of aromatic nitrogens is 2. The summed E-state index contributed by atoms with van der Waals surface area (Å²) in [4.78, 5) is 15.3. The van der Waals surface area contributed by atoms with Gasteiger partial charge in [-0.25, -0.2) is 4.79 Å². The second-order valence-electron chi connectivity index (χ2n) is 4.66. The number of hydrogen-bond acceptors (Lipinski definition) is 6. The number of rotatable bonds is 4. The summed E-state index contributed by atoms with van der Waals surface area (Å²) in [6.45, 7) is 0. The second kappa shape index (κ2) is 6.18. The van der Waals surface area contributed by atoms with Crippen LogP contribution < -0.4 is 0 Å². The average Bonchev–Trinajstić information content (AvgIpc) is 3.06. The van der Waals surface area contributed by atoms with Gasteiger partial charge in [0.1, 0.15) is 0 Å². The Balaban J connectivity index is 1.91. The van der Waals surface area contributed by atoms with Crippen molar-refractivity contribution in [3.63, 3.8) is 0 Å². The molecule has 1 heterocycles. The third kappa shape index (κ3) is 3.13. The lowest BCUT2D eigenvalue weighted by molar-refractivity contribution is 0.0697. The molecule has 0 spiro atoms. The van der Waals surface area contributed by atoms with Crippen molar-refractivity contribution in [2.45, 2.75) is 0 Å². The van der Waals surface area contributed by atoms with Crippen LogP contribution in [0.2, 0.25) is 0 Å². The molecule has 0 radical (unpaired) electrons. The molecule has 1 aromatic heterocycles. The highest BCUT2D eigenvalue weighted by atomic mass is 16.5.